The molecule has 0 bridgehead atoms. The average Bonchev–Trinajstić information content (AvgIpc) is 2.63. The highest BCUT2D eigenvalue weighted by Gasteiger charge is 2.19. The number of halogens is 1. The molecule has 0 aromatic carbocycles. The summed E-state index contributed by atoms with van der Waals surface area (Å²) in [7, 11) is 0. The van der Waals surface area contributed by atoms with E-state index in [-0.39, 0.29) is 12.5 Å². The van der Waals surface area contributed by atoms with Crippen LogP contribution in [0.5, 0.6) is 0 Å². The normalized spacial score (nSPS) is 10.2. The van der Waals surface area contributed by atoms with Gasteiger partial charge in [0.1, 0.15) is 5.69 Å². The molecule has 100 valence electrons. The summed E-state index contributed by atoms with van der Waals surface area (Å²) < 4.78 is 1.52. The molecule has 0 aliphatic carbocycles. The molecule has 0 unspecified atom stereocenters. The maximum atomic E-state index is 11.9. The number of rotatable bonds is 5. The number of likely N-dealkylation sites (N-methyl/N-ethyl adjacent to an activating group) is 1. The van der Waals surface area contributed by atoms with Crippen molar-refractivity contribution in [2.45, 2.75) is 27.3 Å². The highest BCUT2D eigenvalue weighted by atomic mass is 35.5. The molecular weight excluding hydrogens is 256 g/mol. The van der Waals surface area contributed by atoms with Crippen molar-refractivity contribution in [1.82, 2.24) is 20.4 Å². The minimum Gasteiger partial charge on any atom is -0.355 e. The average molecular weight is 273 g/mol. The molecule has 0 fully saturated rings. The van der Waals surface area contributed by atoms with Crippen LogP contribution in [0.15, 0.2) is 0 Å². The second-order valence-electron chi connectivity index (χ2n) is 3.70. The third-order valence-corrected chi connectivity index (χ3v) is 2.80. The van der Waals surface area contributed by atoms with Crippen molar-refractivity contribution < 1.29 is 9.59 Å². The minimum atomic E-state index is -0.395. The van der Waals surface area contributed by atoms with Crippen molar-refractivity contribution in [1.29, 1.82) is 0 Å². The molecule has 0 saturated carbocycles. The van der Waals surface area contributed by atoms with Crippen LogP contribution in [0.4, 0.5) is 0 Å². The second-order valence-corrected chi connectivity index (χ2v) is 4.08. The van der Waals surface area contributed by atoms with E-state index in [1.807, 2.05) is 13.8 Å². The molecule has 18 heavy (non-hydrogen) atoms. The van der Waals surface area contributed by atoms with E-state index >= 15 is 0 Å². The molecule has 0 saturated heterocycles. The molecule has 0 radical (unpaired) electrons. The van der Waals surface area contributed by atoms with Gasteiger partial charge in [-0.1, -0.05) is 11.6 Å². The molecule has 0 aliphatic heterocycles. The smallest absolute Gasteiger partial charge is 0.271 e. The standard InChI is InChI=1S/C11H17ClN4O2/c1-4-13-8(17)6-14-11(18)10-9(12)7(3)15-16(10)5-2/h4-6H2,1-3H3,(H,13,17)(H,14,18). The first-order valence-corrected chi connectivity index (χ1v) is 6.16. The number of nitrogens with one attached hydrogen (secondary N) is 2. The van der Waals surface area contributed by atoms with Crippen molar-refractivity contribution in [3.05, 3.63) is 16.4 Å². The lowest BCUT2D eigenvalue weighted by Gasteiger charge is -2.07. The lowest BCUT2D eigenvalue weighted by atomic mass is 10.3. The summed E-state index contributed by atoms with van der Waals surface area (Å²) in [4.78, 5) is 23.2. The van der Waals surface area contributed by atoms with Gasteiger partial charge in [-0.3, -0.25) is 14.3 Å². The summed E-state index contributed by atoms with van der Waals surface area (Å²) >= 11 is 6.02. The number of hydrogen-bond donors (Lipinski definition) is 2. The lowest BCUT2D eigenvalue weighted by molar-refractivity contribution is -0.120. The highest BCUT2D eigenvalue weighted by molar-refractivity contribution is 6.34. The topological polar surface area (TPSA) is 76.0 Å². The Bertz CT molecular complexity index is 456. The van der Waals surface area contributed by atoms with Crippen LogP contribution in [-0.2, 0) is 11.3 Å². The highest BCUT2D eigenvalue weighted by Crippen LogP contribution is 2.19. The molecule has 6 nitrogen and oxygen atoms in total. The Morgan fingerprint density at radius 2 is 2.00 bits per heavy atom. The fourth-order valence-corrected chi connectivity index (χ4v) is 1.73. The van der Waals surface area contributed by atoms with Crippen LogP contribution >= 0.6 is 11.6 Å². The quantitative estimate of drug-likeness (QED) is 0.830. The first-order valence-electron chi connectivity index (χ1n) is 5.79. The Hall–Kier alpha value is -1.56. The summed E-state index contributed by atoms with van der Waals surface area (Å²) in [6, 6.07) is 0. The third kappa shape index (κ3) is 3.22. The number of aromatic nitrogens is 2. The van der Waals surface area contributed by atoms with Crippen molar-refractivity contribution in [2.75, 3.05) is 13.1 Å². The van der Waals surface area contributed by atoms with E-state index in [0.29, 0.717) is 29.5 Å². The first-order chi connectivity index (χ1) is 8.51. The number of nitrogens with zero attached hydrogens (tertiary/aromatic N) is 2. The van der Waals surface area contributed by atoms with E-state index in [4.69, 9.17) is 11.6 Å². The van der Waals surface area contributed by atoms with Crippen LogP contribution in [0.2, 0.25) is 5.02 Å². The van der Waals surface area contributed by atoms with Crippen molar-refractivity contribution >= 4 is 23.4 Å². The SMILES string of the molecule is CCNC(=O)CNC(=O)c1c(Cl)c(C)nn1CC. The van der Waals surface area contributed by atoms with Gasteiger partial charge >= 0.3 is 0 Å². The van der Waals surface area contributed by atoms with Gasteiger partial charge in [-0.25, -0.2) is 0 Å². The number of carbonyl (C=O) groups is 2. The summed E-state index contributed by atoms with van der Waals surface area (Å²) in [5.41, 5.74) is 0.891. The van der Waals surface area contributed by atoms with Gasteiger partial charge in [0.2, 0.25) is 5.91 Å². The summed E-state index contributed by atoms with van der Waals surface area (Å²) in [5, 5.41) is 9.57. The monoisotopic (exact) mass is 272 g/mol. The van der Waals surface area contributed by atoms with Gasteiger partial charge in [0.05, 0.1) is 17.3 Å². The van der Waals surface area contributed by atoms with Crippen LogP contribution in [0.3, 0.4) is 0 Å². The predicted octanol–water partition coefficient (Wildman–Crippen LogP) is 0.731. The van der Waals surface area contributed by atoms with Gasteiger partial charge in [-0.05, 0) is 20.8 Å². The van der Waals surface area contributed by atoms with E-state index in [9.17, 15) is 9.59 Å². The molecule has 1 rings (SSSR count). The Balaban J connectivity index is 2.75. The summed E-state index contributed by atoms with van der Waals surface area (Å²) in [6.07, 6.45) is 0. The molecule has 1 aromatic rings. The fraction of sp³-hybridized carbons (Fsp3) is 0.545. The zero-order valence-corrected chi connectivity index (χ0v) is 11.5. The maximum absolute atomic E-state index is 11.9. The zero-order chi connectivity index (χ0) is 13.7. The molecule has 2 amide bonds. The van der Waals surface area contributed by atoms with E-state index in [0.717, 1.165) is 0 Å². The lowest BCUT2D eigenvalue weighted by Crippen LogP contribution is -2.37. The van der Waals surface area contributed by atoms with Crippen LogP contribution in [0.25, 0.3) is 0 Å². The van der Waals surface area contributed by atoms with Gasteiger partial charge in [-0.15, -0.1) is 0 Å². The molecule has 0 spiro atoms. The van der Waals surface area contributed by atoms with Gasteiger partial charge in [0, 0.05) is 13.1 Å². The number of aryl methyl sites for hydroxylation is 2. The van der Waals surface area contributed by atoms with Gasteiger partial charge in [0.25, 0.3) is 5.91 Å². The van der Waals surface area contributed by atoms with E-state index in [1.165, 1.54) is 4.68 Å². The first kappa shape index (κ1) is 14.5. The van der Waals surface area contributed by atoms with Gasteiger partial charge in [0.15, 0.2) is 0 Å². The zero-order valence-electron chi connectivity index (χ0n) is 10.7. The molecule has 2 N–H and O–H groups in total. The molecular formula is C11H17ClN4O2. The molecule has 7 heteroatoms. The number of hydrogen-bond acceptors (Lipinski definition) is 3. The van der Waals surface area contributed by atoms with E-state index in [2.05, 4.69) is 15.7 Å². The summed E-state index contributed by atoms with van der Waals surface area (Å²) in [5.74, 6) is -0.630. The molecule has 0 atom stereocenters. The Morgan fingerprint density at radius 3 is 2.56 bits per heavy atom. The van der Waals surface area contributed by atoms with E-state index < -0.39 is 5.91 Å². The molecule has 1 heterocycles. The largest absolute Gasteiger partial charge is 0.355 e. The number of carbonyl (C=O) groups excluding carboxylic acids is 2. The summed E-state index contributed by atoms with van der Waals surface area (Å²) in [6.45, 7) is 6.40. The predicted molar refractivity (Wildman–Crippen MR) is 68.7 cm³/mol. The Morgan fingerprint density at radius 1 is 1.33 bits per heavy atom. The third-order valence-electron chi connectivity index (χ3n) is 2.35. The Kier molecular flexibility index (Phi) is 5.15. The van der Waals surface area contributed by atoms with Crippen molar-refractivity contribution in [2.24, 2.45) is 0 Å². The van der Waals surface area contributed by atoms with E-state index in [1.54, 1.807) is 6.92 Å². The van der Waals surface area contributed by atoms with Crippen LogP contribution in [0.1, 0.15) is 30.0 Å². The Labute approximate surface area is 111 Å². The number of amides is 2. The van der Waals surface area contributed by atoms with Crippen molar-refractivity contribution in [3.63, 3.8) is 0 Å². The minimum absolute atomic E-state index is 0.0725. The van der Waals surface area contributed by atoms with Crippen LogP contribution < -0.4 is 10.6 Å². The molecule has 0 aliphatic rings. The van der Waals surface area contributed by atoms with Crippen molar-refractivity contribution in [3.8, 4) is 0 Å². The second kappa shape index (κ2) is 6.39. The fourth-order valence-electron chi connectivity index (χ4n) is 1.51. The van der Waals surface area contributed by atoms with Crippen LogP contribution in [-0.4, -0.2) is 34.7 Å². The van der Waals surface area contributed by atoms with Gasteiger partial charge < -0.3 is 10.6 Å². The maximum Gasteiger partial charge on any atom is 0.271 e. The van der Waals surface area contributed by atoms with Crippen LogP contribution in [0, 0.1) is 6.92 Å². The van der Waals surface area contributed by atoms with Gasteiger partial charge in [-0.2, -0.15) is 5.10 Å². The molecule has 1 aromatic heterocycles.